The van der Waals surface area contributed by atoms with Crippen LogP contribution in [0.5, 0.6) is 0 Å². The highest BCUT2D eigenvalue weighted by molar-refractivity contribution is 7.91. The third-order valence-electron chi connectivity index (χ3n) is 2.34. The van der Waals surface area contributed by atoms with Crippen LogP contribution in [0, 0.1) is 10.1 Å². The van der Waals surface area contributed by atoms with E-state index in [4.69, 9.17) is 16.4 Å². The van der Waals surface area contributed by atoms with Gasteiger partial charge in [0.2, 0.25) is 0 Å². The van der Waals surface area contributed by atoms with Crippen molar-refractivity contribution in [3.05, 3.63) is 20.5 Å². The Morgan fingerprint density at radius 1 is 1.50 bits per heavy atom. The van der Waals surface area contributed by atoms with Crippen LogP contribution in [0.25, 0.3) is 0 Å². The molecule has 7 nitrogen and oxygen atoms in total. The predicted octanol–water partition coefficient (Wildman–Crippen LogP) is 2.03. The van der Waals surface area contributed by atoms with Crippen molar-refractivity contribution in [3.8, 4) is 0 Å². The van der Waals surface area contributed by atoms with Crippen LogP contribution in [0.1, 0.15) is 12.8 Å². The third kappa shape index (κ3) is 2.50. The topological polar surface area (TPSA) is 89.8 Å². The van der Waals surface area contributed by atoms with Crippen molar-refractivity contribution in [1.82, 2.24) is 4.47 Å². The van der Waals surface area contributed by atoms with Crippen LogP contribution in [0.15, 0.2) is 10.3 Å². The Hall–Kier alpha value is -0.740. The van der Waals surface area contributed by atoms with E-state index in [0.29, 0.717) is 24.4 Å². The summed E-state index contributed by atoms with van der Waals surface area (Å²) in [5, 5.41) is 10.6. The lowest BCUT2D eigenvalue weighted by Gasteiger charge is -2.24. The molecule has 0 amide bonds. The molecule has 1 aromatic heterocycles. The van der Waals surface area contributed by atoms with Gasteiger partial charge in [-0.05, 0) is 12.8 Å². The Bertz CT molecular complexity index is 564. The van der Waals surface area contributed by atoms with Crippen LogP contribution < -0.4 is 0 Å². The average molecular weight is 313 g/mol. The summed E-state index contributed by atoms with van der Waals surface area (Å²) in [5.41, 5.74) is -0.405. The number of hydrogen-bond donors (Lipinski definition) is 0. The summed E-state index contributed by atoms with van der Waals surface area (Å²) in [6.45, 7) is 0.562. The number of rotatable bonds is 3. The Morgan fingerprint density at radius 3 is 2.72 bits per heavy atom. The van der Waals surface area contributed by atoms with E-state index in [9.17, 15) is 18.5 Å². The maximum atomic E-state index is 12.1. The lowest BCUT2D eigenvalue weighted by molar-refractivity contribution is -0.384. The average Bonchev–Trinajstić information content (AvgIpc) is 2.73. The zero-order chi connectivity index (χ0) is 13.3. The van der Waals surface area contributed by atoms with Crippen molar-refractivity contribution in [2.24, 2.45) is 0 Å². The van der Waals surface area contributed by atoms with Crippen LogP contribution in [0.3, 0.4) is 0 Å². The second-order valence-corrected chi connectivity index (χ2v) is 7.26. The molecule has 0 bridgehead atoms. The van der Waals surface area contributed by atoms with Gasteiger partial charge < -0.3 is 0 Å². The minimum Gasteiger partial charge on any atom is -0.284 e. The lowest BCUT2D eigenvalue weighted by atomic mass is 10.3. The Morgan fingerprint density at radius 2 is 2.22 bits per heavy atom. The molecule has 18 heavy (non-hydrogen) atoms. The molecule has 0 aromatic carbocycles. The van der Waals surface area contributed by atoms with Crippen molar-refractivity contribution in [2.75, 3.05) is 13.2 Å². The van der Waals surface area contributed by atoms with Gasteiger partial charge in [-0.25, -0.2) is 8.42 Å². The first-order chi connectivity index (χ1) is 8.43. The summed E-state index contributed by atoms with van der Waals surface area (Å²) in [7, 11) is -3.86. The first-order valence-corrected chi connectivity index (χ1v) is 7.66. The van der Waals surface area contributed by atoms with Crippen molar-refractivity contribution in [2.45, 2.75) is 17.1 Å². The van der Waals surface area contributed by atoms with E-state index >= 15 is 0 Å². The molecule has 0 atom stereocenters. The van der Waals surface area contributed by atoms with Crippen molar-refractivity contribution < 1.29 is 18.2 Å². The Balaban J connectivity index is 2.35. The molecule has 2 heterocycles. The van der Waals surface area contributed by atoms with E-state index in [-0.39, 0.29) is 15.1 Å². The van der Waals surface area contributed by atoms with Crippen LogP contribution in [0.2, 0.25) is 4.34 Å². The summed E-state index contributed by atoms with van der Waals surface area (Å²) < 4.78 is 24.7. The summed E-state index contributed by atoms with van der Waals surface area (Å²) in [6.07, 6.45) is 1.48. The van der Waals surface area contributed by atoms with Gasteiger partial charge in [0.15, 0.2) is 4.34 Å². The molecule has 0 N–H and O–H groups in total. The van der Waals surface area contributed by atoms with Gasteiger partial charge in [-0.3, -0.25) is 15.0 Å². The van der Waals surface area contributed by atoms with E-state index in [1.165, 1.54) is 0 Å². The fraction of sp³-hybridized carbons (Fsp3) is 0.500. The smallest absolute Gasteiger partial charge is 0.284 e. The normalized spacial score (nSPS) is 17.8. The number of hydrogen-bond acceptors (Lipinski definition) is 6. The summed E-state index contributed by atoms with van der Waals surface area (Å²) in [5.74, 6) is 0. The number of sulfonamides is 1. The minimum atomic E-state index is -3.86. The zero-order valence-corrected chi connectivity index (χ0v) is 11.4. The van der Waals surface area contributed by atoms with Crippen molar-refractivity contribution in [3.63, 3.8) is 0 Å². The molecule has 10 heteroatoms. The number of hydroxylamine groups is 1. The van der Waals surface area contributed by atoms with Gasteiger partial charge in [0.1, 0.15) is 4.21 Å². The number of nitrogens with zero attached hydrogens (tertiary/aromatic N) is 2. The maximum absolute atomic E-state index is 12.1. The van der Waals surface area contributed by atoms with E-state index in [1.807, 2.05) is 0 Å². The van der Waals surface area contributed by atoms with Crippen LogP contribution in [0.4, 0.5) is 5.69 Å². The number of thiophene rings is 1. The largest absolute Gasteiger partial charge is 0.300 e. The minimum absolute atomic E-state index is 0.157. The fourth-order valence-electron chi connectivity index (χ4n) is 1.45. The highest BCUT2D eigenvalue weighted by Gasteiger charge is 2.32. The third-order valence-corrected chi connectivity index (χ3v) is 5.80. The van der Waals surface area contributed by atoms with Gasteiger partial charge in [0.05, 0.1) is 11.5 Å². The molecule has 1 saturated heterocycles. The highest BCUT2D eigenvalue weighted by atomic mass is 35.5. The molecule has 100 valence electrons. The SMILES string of the molecule is O=[N+]([O-])c1cc(S(=O)(=O)N2CCCCO2)sc1Cl. The molecule has 0 radical (unpaired) electrons. The monoisotopic (exact) mass is 312 g/mol. The predicted molar refractivity (Wildman–Crippen MR) is 65.1 cm³/mol. The second-order valence-electron chi connectivity index (χ2n) is 3.55. The van der Waals surface area contributed by atoms with Gasteiger partial charge in [-0.2, -0.15) is 0 Å². The standard InChI is InChI=1S/C8H9ClN2O5S2/c9-8-6(11(12)13)5-7(17-8)18(14,15)10-3-1-2-4-16-10/h5H,1-4H2. The summed E-state index contributed by atoms with van der Waals surface area (Å²) >= 11 is 6.30. The lowest BCUT2D eigenvalue weighted by Crippen LogP contribution is -2.35. The molecule has 0 saturated carbocycles. The van der Waals surface area contributed by atoms with Crippen LogP contribution >= 0.6 is 22.9 Å². The Labute approximate surface area is 112 Å². The Kier molecular flexibility index (Phi) is 3.87. The molecule has 1 aliphatic heterocycles. The maximum Gasteiger partial charge on any atom is 0.300 e. The van der Waals surface area contributed by atoms with Crippen LogP contribution in [-0.2, 0) is 14.9 Å². The zero-order valence-electron chi connectivity index (χ0n) is 9.04. The summed E-state index contributed by atoms with van der Waals surface area (Å²) in [4.78, 5) is 15.0. The van der Waals surface area contributed by atoms with Gasteiger partial charge in [0, 0.05) is 12.6 Å². The molecule has 1 fully saturated rings. The fourth-order valence-corrected chi connectivity index (χ4v) is 4.51. The van der Waals surface area contributed by atoms with E-state index < -0.39 is 20.6 Å². The molecule has 0 aliphatic carbocycles. The molecule has 2 rings (SSSR count). The summed E-state index contributed by atoms with van der Waals surface area (Å²) in [6, 6.07) is 0.959. The molecule has 1 aliphatic rings. The van der Waals surface area contributed by atoms with Crippen molar-refractivity contribution >= 4 is 38.6 Å². The number of nitro groups is 1. The van der Waals surface area contributed by atoms with E-state index in [2.05, 4.69) is 0 Å². The number of halogens is 1. The molecule has 0 spiro atoms. The molecular formula is C8H9ClN2O5S2. The van der Waals surface area contributed by atoms with Gasteiger partial charge in [0.25, 0.3) is 15.7 Å². The van der Waals surface area contributed by atoms with Crippen molar-refractivity contribution in [1.29, 1.82) is 0 Å². The van der Waals surface area contributed by atoms with Gasteiger partial charge >= 0.3 is 0 Å². The quantitative estimate of drug-likeness (QED) is 0.629. The first kappa shape index (κ1) is 13.7. The molecule has 1 aromatic rings. The van der Waals surface area contributed by atoms with Crippen LogP contribution in [-0.4, -0.2) is 31.0 Å². The highest BCUT2D eigenvalue weighted by Crippen LogP contribution is 2.37. The molecular weight excluding hydrogens is 304 g/mol. The van der Waals surface area contributed by atoms with E-state index in [1.54, 1.807) is 0 Å². The van der Waals surface area contributed by atoms with Gasteiger partial charge in [-0.1, -0.05) is 16.1 Å². The van der Waals surface area contributed by atoms with Gasteiger partial charge in [-0.15, -0.1) is 11.3 Å². The second kappa shape index (κ2) is 5.10. The van der Waals surface area contributed by atoms with E-state index in [0.717, 1.165) is 17.0 Å². The first-order valence-electron chi connectivity index (χ1n) is 5.02. The molecule has 0 unspecified atom stereocenters.